The van der Waals surface area contributed by atoms with E-state index in [1.54, 1.807) is 0 Å². The fourth-order valence-electron chi connectivity index (χ4n) is 1.78. The molecule has 0 aliphatic heterocycles. The molecule has 0 saturated heterocycles. The molecule has 3 nitrogen and oxygen atoms in total. The zero-order valence-electron chi connectivity index (χ0n) is 11.4. The first-order chi connectivity index (χ1) is 8.38. The molecule has 18 heavy (non-hydrogen) atoms. The van der Waals surface area contributed by atoms with E-state index in [9.17, 15) is 0 Å². The maximum atomic E-state index is 5.75. The molecule has 0 spiro atoms. The van der Waals surface area contributed by atoms with Gasteiger partial charge in [0.05, 0.1) is 6.04 Å². The van der Waals surface area contributed by atoms with Crippen LogP contribution in [0.3, 0.4) is 0 Å². The van der Waals surface area contributed by atoms with E-state index in [1.807, 2.05) is 13.0 Å². The average Bonchev–Trinajstić information content (AvgIpc) is 2.77. The van der Waals surface area contributed by atoms with Crippen molar-refractivity contribution in [2.75, 3.05) is 0 Å². The minimum atomic E-state index is -0.125. The van der Waals surface area contributed by atoms with Crippen molar-refractivity contribution in [1.82, 2.24) is 5.16 Å². The summed E-state index contributed by atoms with van der Waals surface area (Å²) in [6.45, 7) is 8.48. The summed E-state index contributed by atoms with van der Waals surface area (Å²) in [5, 5.41) is 4.04. The van der Waals surface area contributed by atoms with Crippen LogP contribution in [0.2, 0.25) is 0 Å². The molecule has 1 unspecified atom stereocenters. The molecule has 2 rings (SSSR count). The summed E-state index contributed by atoms with van der Waals surface area (Å²) >= 11 is 0. The summed E-state index contributed by atoms with van der Waals surface area (Å²) in [6.07, 6.45) is 0. The highest BCUT2D eigenvalue weighted by atomic mass is 16.5. The third-order valence-corrected chi connectivity index (χ3v) is 3.02. The van der Waals surface area contributed by atoms with Crippen molar-refractivity contribution in [1.29, 1.82) is 0 Å². The van der Waals surface area contributed by atoms with Gasteiger partial charge in [0.1, 0.15) is 5.69 Å². The van der Waals surface area contributed by atoms with Crippen LogP contribution in [0.4, 0.5) is 0 Å². The topological polar surface area (TPSA) is 52.0 Å². The van der Waals surface area contributed by atoms with Crippen molar-refractivity contribution in [3.8, 4) is 11.3 Å². The minimum Gasteiger partial charge on any atom is -0.359 e. The summed E-state index contributed by atoms with van der Waals surface area (Å²) in [5.74, 6) is 0.713. The first kappa shape index (κ1) is 12.8. The number of aromatic nitrogens is 1. The highest BCUT2D eigenvalue weighted by Crippen LogP contribution is 2.26. The Kier molecular flexibility index (Phi) is 3.26. The van der Waals surface area contributed by atoms with Crippen LogP contribution in [0.25, 0.3) is 11.3 Å². The second-order valence-corrected chi connectivity index (χ2v) is 5.73. The van der Waals surface area contributed by atoms with Crippen molar-refractivity contribution >= 4 is 0 Å². The number of hydrogen-bond donors (Lipinski definition) is 1. The van der Waals surface area contributed by atoms with Crippen LogP contribution in [0.15, 0.2) is 34.9 Å². The second kappa shape index (κ2) is 4.58. The van der Waals surface area contributed by atoms with Gasteiger partial charge < -0.3 is 10.3 Å². The van der Waals surface area contributed by atoms with Crippen LogP contribution in [0.1, 0.15) is 45.1 Å². The molecule has 3 heteroatoms. The normalized spacial score (nSPS) is 13.6. The Morgan fingerprint density at radius 1 is 1.17 bits per heavy atom. The van der Waals surface area contributed by atoms with Gasteiger partial charge in [-0.15, -0.1) is 0 Å². The van der Waals surface area contributed by atoms with Crippen LogP contribution in [-0.4, -0.2) is 5.16 Å². The van der Waals surface area contributed by atoms with E-state index >= 15 is 0 Å². The molecular weight excluding hydrogens is 224 g/mol. The molecule has 0 aliphatic rings. The standard InChI is InChI=1S/C15H20N2O/c1-10(16)14-9-13(17-18-14)11-5-7-12(8-6-11)15(2,3)4/h5-10H,16H2,1-4H3. The molecule has 1 aromatic carbocycles. The molecule has 1 aromatic heterocycles. The van der Waals surface area contributed by atoms with Crippen LogP contribution in [0.5, 0.6) is 0 Å². The summed E-state index contributed by atoms with van der Waals surface area (Å²) in [6, 6.07) is 10.2. The molecule has 0 aliphatic carbocycles. The van der Waals surface area contributed by atoms with Crippen LogP contribution in [-0.2, 0) is 5.41 Å². The van der Waals surface area contributed by atoms with Gasteiger partial charge >= 0.3 is 0 Å². The minimum absolute atomic E-state index is 0.125. The maximum Gasteiger partial charge on any atom is 0.153 e. The molecule has 1 heterocycles. The molecule has 2 N–H and O–H groups in total. The first-order valence-corrected chi connectivity index (χ1v) is 6.21. The van der Waals surface area contributed by atoms with Crippen LogP contribution in [0, 0.1) is 0 Å². The fourth-order valence-corrected chi connectivity index (χ4v) is 1.78. The van der Waals surface area contributed by atoms with Crippen molar-refractivity contribution in [3.63, 3.8) is 0 Å². The number of hydrogen-bond acceptors (Lipinski definition) is 3. The van der Waals surface area contributed by atoms with Crippen molar-refractivity contribution in [3.05, 3.63) is 41.7 Å². The predicted octanol–water partition coefficient (Wildman–Crippen LogP) is 3.66. The highest BCUT2D eigenvalue weighted by Gasteiger charge is 2.14. The Morgan fingerprint density at radius 2 is 1.78 bits per heavy atom. The Bertz CT molecular complexity index is 518. The highest BCUT2D eigenvalue weighted by molar-refractivity contribution is 5.59. The lowest BCUT2D eigenvalue weighted by molar-refractivity contribution is 0.369. The van der Waals surface area contributed by atoms with Gasteiger partial charge in [-0.05, 0) is 17.9 Å². The van der Waals surface area contributed by atoms with Gasteiger partial charge in [-0.2, -0.15) is 0 Å². The Labute approximate surface area is 108 Å². The Balaban J connectivity index is 2.29. The zero-order valence-corrected chi connectivity index (χ0v) is 11.4. The maximum absolute atomic E-state index is 5.75. The van der Waals surface area contributed by atoms with Crippen molar-refractivity contribution in [2.45, 2.75) is 39.2 Å². The van der Waals surface area contributed by atoms with E-state index in [1.165, 1.54) is 5.56 Å². The van der Waals surface area contributed by atoms with Gasteiger partial charge in [-0.3, -0.25) is 0 Å². The average molecular weight is 244 g/mol. The van der Waals surface area contributed by atoms with Gasteiger partial charge in [0.25, 0.3) is 0 Å². The van der Waals surface area contributed by atoms with Gasteiger partial charge in [0.15, 0.2) is 5.76 Å². The van der Waals surface area contributed by atoms with Gasteiger partial charge in [-0.1, -0.05) is 50.2 Å². The summed E-state index contributed by atoms with van der Waals surface area (Å²) < 4.78 is 5.20. The SMILES string of the molecule is CC(N)c1cc(-c2ccc(C(C)(C)C)cc2)no1. The van der Waals surface area contributed by atoms with E-state index in [4.69, 9.17) is 10.3 Å². The number of nitrogens with zero attached hydrogens (tertiary/aromatic N) is 1. The molecule has 2 aromatic rings. The van der Waals surface area contributed by atoms with Crippen LogP contribution < -0.4 is 5.73 Å². The molecular formula is C15H20N2O. The molecule has 1 atom stereocenters. The predicted molar refractivity (Wildman–Crippen MR) is 73.2 cm³/mol. The number of rotatable bonds is 2. The molecule has 0 fully saturated rings. The summed E-state index contributed by atoms with van der Waals surface area (Å²) in [5.41, 5.74) is 9.12. The smallest absolute Gasteiger partial charge is 0.153 e. The van der Waals surface area contributed by atoms with E-state index in [0.29, 0.717) is 5.76 Å². The van der Waals surface area contributed by atoms with Crippen molar-refractivity contribution in [2.24, 2.45) is 5.73 Å². The molecule has 0 bridgehead atoms. The zero-order chi connectivity index (χ0) is 13.3. The third-order valence-electron chi connectivity index (χ3n) is 3.02. The monoisotopic (exact) mass is 244 g/mol. The largest absolute Gasteiger partial charge is 0.359 e. The lowest BCUT2D eigenvalue weighted by Crippen LogP contribution is -2.10. The second-order valence-electron chi connectivity index (χ2n) is 5.73. The summed E-state index contributed by atoms with van der Waals surface area (Å²) in [4.78, 5) is 0. The lowest BCUT2D eigenvalue weighted by Gasteiger charge is -2.18. The summed E-state index contributed by atoms with van der Waals surface area (Å²) in [7, 11) is 0. The molecule has 0 saturated carbocycles. The first-order valence-electron chi connectivity index (χ1n) is 6.21. The van der Waals surface area contributed by atoms with E-state index in [-0.39, 0.29) is 11.5 Å². The molecule has 0 radical (unpaired) electrons. The van der Waals surface area contributed by atoms with Crippen molar-refractivity contribution < 1.29 is 4.52 Å². The van der Waals surface area contributed by atoms with Crippen LogP contribution >= 0.6 is 0 Å². The quantitative estimate of drug-likeness (QED) is 0.877. The molecule has 96 valence electrons. The number of benzene rings is 1. The van der Waals surface area contributed by atoms with E-state index in [0.717, 1.165) is 11.3 Å². The van der Waals surface area contributed by atoms with Gasteiger partial charge in [0.2, 0.25) is 0 Å². The Hall–Kier alpha value is -1.61. The van der Waals surface area contributed by atoms with Gasteiger partial charge in [-0.25, -0.2) is 0 Å². The number of nitrogens with two attached hydrogens (primary N) is 1. The molecule has 0 amide bonds. The van der Waals surface area contributed by atoms with E-state index < -0.39 is 0 Å². The fraction of sp³-hybridized carbons (Fsp3) is 0.400. The third kappa shape index (κ3) is 2.62. The van der Waals surface area contributed by atoms with E-state index in [2.05, 4.69) is 50.2 Å². The lowest BCUT2D eigenvalue weighted by atomic mass is 9.86. The van der Waals surface area contributed by atoms with Gasteiger partial charge in [0, 0.05) is 11.6 Å². The Morgan fingerprint density at radius 3 is 2.22 bits per heavy atom.